The third-order valence-electron chi connectivity index (χ3n) is 4.88. The number of hydrogen-bond donors (Lipinski definition) is 1. The number of rotatable bonds is 5. The van der Waals surface area contributed by atoms with E-state index in [0.29, 0.717) is 6.04 Å². The predicted octanol–water partition coefficient (Wildman–Crippen LogP) is 3.81. The number of piperidine rings is 1. The van der Waals surface area contributed by atoms with E-state index in [0.717, 1.165) is 43.4 Å². The van der Waals surface area contributed by atoms with E-state index in [1.807, 2.05) is 30.3 Å². The quantitative estimate of drug-likeness (QED) is 0.909. The monoisotopic (exact) mass is 323 g/mol. The Morgan fingerprint density at radius 3 is 2.46 bits per heavy atom. The molecule has 126 valence electrons. The zero-order chi connectivity index (χ0) is 16.8. The van der Waals surface area contributed by atoms with Crippen molar-refractivity contribution in [2.45, 2.75) is 44.8 Å². The van der Waals surface area contributed by atoms with Crippen molar-refractivity contribution < 1.29 is 9.90 Å². The van der Waals surface area contributed by atoms with Gasteiger partial charge in [0.2, 0.25) is 0 Å². The maximum Gasteiger partial charge on any atom is 0.254 e. The molecule has 0 unspecified atom stereocenters. The van der Waals surface area contributed by atoms with Crippen molar-refractivity contribution in [1.82, 2.24) is 4.90 Å². The number of aliphatic hydroxyl groups is 1. The summed E-state index contributed by atoms with van der Waals surface area (Å²) >= 11 is 0. The summed E-state index contributed by atoms with van der Waals surface area (Å²) in [4.78, 5) is 14.9. The second-order valence-corrected chi connectivity index (χ2v) is 6.53. The fraction of sp³-hybridized carbons (Fsp3) is 0.381. The molecule has 1 aliphatic rings. The van der Waals surface area contributed by atoms with E-state index >= 15 is 0 Å². The van der Waals surface area contributed by atoms with Crippen LogP contribution >= 0.6 is 0 Å². The highest BCUT2D eigenvalue weighted by Crippen LogP contribution is 2.23. The van der Waals surface area contributed by atoms with Gasteiger partial charge < -0.3 is 10.0 Å². The van der Waals surface area contributed by atoms with Crippen molar-refractivity contribution >= 4 is 5.91 Å². The number of aryl methyl sites for hydroxylation is 1. The summed E-state index contributed by atoms with van der Waals surface area (Å²) in [6.45, 7) is 0.859. The molecule has 3 heteroatoms. The van der Waals surface area contributed by atoms with E-state index in [4.69, 9.17) is 5.11 Å². The zero-order valence-electron chi connectivity index (χ0n) is 14.0. The van der Waals surface area contributed by atoms with Gasteiger partial charge in [0.15, 0.2) is 0 Å². The van der Waals surface area contributed by atoms with Crippen LogP contribution in [-0.4, -0.2) is 28.5 Å². The van der Waals surface area contributed by atoms with Gasteiger partial charge in [-0.05, 0) is 55.4 Å². The lowest BCUT2D eigenvalue weighted by Crippen LogP contribution is -2.44. The van der Waals surface area contributed by atoms with E-state index in [2.05, 4.69) is 29.2 Å². The van der Waals surface area contributed by atoms with E-state index in [1.165, 1.54) is 12.0 Å². The maximum absolute atomic E-state index is 12.9. The Balaban J connectivity index is 1.67. The summed E-state index contributed by atoms with van der Waals surface area (Å²) < 4.78 is 0. The molecule has 3 rings (SSSR count). The topological polar surface area (TPSA) is 40.5 Å². The van der Waals surface area contributed by atoms with Crippen LogP contribution in [0.4, 0.5) is 0 Å². The van der Waals surface area contributed by atoms with Crippen LogP contribution in [0.15, 0.2) is 54.6 Å². The second-order valence-electron chi connectivity index (χ2n) is 6.53. The lowest BCUT2D eigenvalue weighted by molar-refractivity contribution is 0.0602. The molecule has 0 bridgehead atoms. The normalized spacial score (nSPS) is 17.7. The first kappa shape index (κ1) is 16.7. The SMILES string of the molecule is O=C(c1ccc(CO)cc1)N1CCCC[C@H]1CCc1ccccc1. The lowest BCUT2D eigenvalue weighted by atomic mass is 9.95. The predicted molar refractivity (Wildman–Crippen MR) is 95.8 cm³/mol. The van der Waals surface area contributed by atoms with Crippen LogP contribution in [0.3, 0.4) is 0 Å². The molecule has 2 aromatic rings. The van der Waals surface area contributed by atoms with Gasteiger partial charge in [-0.15, -0.1) is 0 Å². The molecule has 0 aliphatic carbocycles. The summed E-state index contributed by atoms with van der Waals surface area (Å²) in [6.07, 6.45) is 5.41. The second kappa shape index (κ2) is 8.11. The van der Waals surface area contributed by atoms with Gasteiger partial charge >= 0.3 is 0 Å². The molecule has 1 atom stereocenters. The van der Waals surface area contributed by atoms with Crippen molar-refractivity contribution in [3.05, 3.63) is 71.3 Å². The van der Waals surface area contributed by atoms with Crippen molar-refractivity contribution in [3.63, 3.8) is 0 Å². The third-order valence-corrected chi connectivity index (χ3v) is 4.88. The number of likely N-dealkylation sites (tertiary alicyclic amines) is 1. The minimum Gasteiger partial charge on any atom is -0.392 e. The Hall–Kier alpha value is -2.13. The Morgan fingerprint density at radius 2 is 1.75 bits per heavy atom. The number of aliphatic hydroxyl groups excluding tert-OH is 1. The summed E-state index contributed by atoms with van der Waals surface area (Å²) in [6, 6.07) is 18.1. The standard InChI is InChI=1S/C21H25NO2/c23-16-18-9-12-19(13-10-18)21(24)22-15-5-4-8-20(22)14-11-17-6-2-1-3-7-17/h1-3,6-7,9-10,12-13,20,23H,4-5,8,11,14-16H2/t20-/m0/s1. The van der Waals surface area contributed by atoms with Gasteiger partial charge in [0.05, 0.1) is 6.61 Å². The molecule has 1 heterocycles. The van der Waals surface area contributed by atoms with Gasteiger partial charge in [0, 0.05) is 18.2 Å². The molecule has 2 aromatic carbocycles. The van der Waals surface area contributed by atoms with Gasteiger partial charge in [-0.1, -0.05) is 42.5 Å². The summed E-state index contributed by atoms with van der Waals surface area (Å²) in [5, 5.41) is 9.14. The zero-order valence-corrected chi connectivity index (χ0v) is 14.0. The molecule has 0 saturated carbocycles. The van der Waals surface area contributed by atoms with E-state index < -0.39 is 0 Å². The van der Waals surface area contributed by atoms with E-state index in [9.17, 15) is 4.79 Å². The van der Waals surface area contributed by atoms with Crippen LogP contribution in [0.25, 0.3) is 0 Å². The number of benzene rings is 2. The van der Waals surface area contributed by atoms with E-state index in [1.54, 1.807) is 0 Å². The summed E-state index contributed by atoms with van der Waals surface area (Å²) in [5.41, 5.74) is 2.90. The number of hydrogen-bond acceptors (Lipinski definition) is 2. The largest absolute Gasteiger partial charge is 0.392 e. The maximum atomic E-state index is 12.9. The minimum absolute atomic E-state index is 0.0118. The molecule has 1 fully saturated rings. The molecule has 24 heavy (non-hydrogen) atoms. The molecule has 0 radical (unpaired) electrons. The average Bonchev–Trinajstić information content (AvgIpc) is 2.67. The van der Waals surface area contributed by atoms with Crippen LogP contribution in [0, 0.1) is 0 Å². The Kier molecular flexibility index (Phi) is 5.65. The highest BCUT2D eigenvalue weighted by molar-refractivity contribution is 5.94. The van der Waals surface area contributed by atoms with Crippen LogP contribution in [-0.2, 0) is 13.0 Å². The first-order valence-corrected chi connectivity index (χ1v) is 8.82. The van der Waals surface area contributed by atoms with Crippen LogP contribution < -0.4 is 0 Å². The third kappa shape index (κ3) is 4.04. The fourth-order valence-electron chi connectivity index (χ4n) is 3.46. The summed E-state index contributed by atoms with van der Waals surface area (Å²) in [7, 11) is 0. The van der Waals surface area contributed by atoms with Gasteiger partial charge in [0.1, 0.15) is 0 Å². The van der Waals surface area contributed by atoms with Crippen molar-refractivity contribution in [2.24, 2.45) is 0 Å². The first-order chi connectivity index (χ1) is 11.8. The molecule has 0 spiro atoms. The van der Waals surface area contributed by atoms with Crippen LogP contribution in [0.5, 0.6) is 0 Å². The molecule has 0 aromatic heterocycles. The van der Waals surface area contributed by atoms with Crippen molar-refractivity contribution in [2.75, 3.05) is 6.54 Å². The van der Waals surface area contributed by atoms with Gasteiger partial charge in [-0.2, -0.15) is 0 Å². The van der Waals surface area contributed by atoms with Crippen molar-refractivity contribution in [3.8, 4) is 0 Å². The smallest absolute Gasteiger partial charge is 0.254 e. The molecular weight excluding hydrogens is 298 g/mol. The minimum atomic E-state index is 0.0118. The number of carbonyl (C=O) groups excluding carboxylic acids is 1. The number of nitrogens with zero attached hydrogens (tertiary/aromatic N) is 1. The molecule has 1 N–H and O–H groups in total. The fourth-order valence-corrected chi connectivity index (χ4v) is 3.46. The molecule has 1 aliphatic heterocycles. The summed E-state index contributed by atoms with van der Waals surface area (Å²) in [5.74, 6) is 0.122. The molecular formula is C21H25NO2. The average molecular weight is 323 g/mol. The first-order valence-electron chi connectivity index (χ1n) is 8.82. The Labute approximate surface area is 143 Å². The Morgan fingerprint density at radius 1 is 1.00 bits per heavy atom. The van der Waals surface area contributed by atoms with Gasteiger partial charge in [0.25, 0.3) is 5.91 Å². The molecule has 1 saturated heterocycles. The van der Waals surface area contributed by atoms with Gasteiger partial charge in [-0.25, -0.2) is 0 Å². The molecule has 3 nitrogen and oxygen atoms in total. The lowest BCUT2D eigenvalue weighted by Gasteiger charge is -2.36. The van der Waals surface area contributed by atoms with Crippen molar-refractivity contribution in [1.29, 1.82) is 0 Å². The molecule has 1 amide bonds. The number of carbonyl (C=O) groups is 1. The van der Waals surface area contributed by atoms with E-state index in [-0.39, 0.29) is 12.5 Å². The number of amides is 1. The highest BCUT2D eigenvalue weighted by Gasteiger charge is 2.27. The van der Waals surface area contributed by atoms with Gasteiger partial charge in [-0.3, -0.25) is 4.79 Å². The van der Waals surface area contributed by atoms with Crippen LogP contribution in [0.2, 0.25) is 0 Å². The Bertz CT molecular complexity index is 651. The highest BCUT2D eigenvalue weighted by atomic mass is 16.3. The van der Waals surface area contributed by atoms with Crippen LogP contribution in [0.1, 0.15) is 47.2 Å².